The zero-order valence-electron chi connectivity index (χ0n) is 60.6. The van der Waals surface area contributed by atoms with Gasteiger partial charge in [0.25, 0.3) is 0 Å². The molecular weight excluding hydrogens is 1370 g/mol. The normalized spacial score (nSPS) is 29.2. The molecule has 7 aliphatic heterocycles. The number of aliphatic hydroxyl groups is 2. The molecular formula is C74H112BF2IN6O14. The number of likely N-dealkylation sites (N-methyl/N-ethyl adjacent to an activating group) is 2. The van der Waals surface area contributed by atoms with E-state index in [-0.39, 0.29) is 66.4 Å². The van der Waals surface area contributed by atoms with Crippen LogP contribution in [-0.4, -0.2) is 228 Å². The van der Waals surface area contributed by atoms with Gasteiger partial charge in [0.1, 0.15) is 36.1 Å². The summed E-state index contributed by atoms with van der Waals surface area (Å²) >= 11 is 2.13. The Bertz CT molecular complexity index is 3020. The van der Waals surface area contributed by atoms with Gasteiger partial charge in [-0.05, 0) is 194 Å². The molecule has 5 saturated heterocycles. The number of esters is 2. The van der Waals surface area contributed by atoms with Crippen molar-refractivity contribution in [2.24, 2.45) is 23.7 Å². The lowest BCUT2D eigenvalue weighted by Crippen LogP contribution is -2.48. The quantitative estimate of drug-likeness (QED) is 0.0747. The lowest BCUT2D eigenvalue weighted by molar-refractivity contribution is -0.152. The van der Waals surface area contributed by atoms with Crippen LogP contribution in [0.4, 0.5) is 29.7 Å². The minimum absolute atomic E-state index is 0.0228. The Balaban J connectivity index is 0.000000218. The Morgan fingerprint density at radius 1 is 0.582 bits per heavy atom. The lowest BCUT2D eigenvalue weighted by Gasteiger charge is -2.33. The predicted octanol–water partition coefficient (Wildman–Crippen LogP) is 11.0. The molecule has 546 valence electrons. The van der Waals surface area contributed by atoms with Crippen molar-refractivity contribution >= 4 is 76.7 Å². The van der Waals surface area contributed by atoms with Gasteiger partial charge in [-0.1, -0.05) is 68.5 Å². The average Bonchev–Trinajstić information content (AvgIpc) is 1.62. The van der Waals surface area contributed by atoms with Crippen molar-refractivity contribution in [2.45, 2.75) is 193 Å². The smallest absolute Gasteiger partial charge is 0.457 e. The second-order valence-corrected chi connectivity index (χ2v) is 29.8. The molecule has 5 fully saturated rings. The van der Waals surface area contributed by atoms with Crippen LogP contribution in [0.2, 0.25) is 0 Å². The predicted molar refractivity (Wildman–Crippen MR) is 388 cm³/mol. The van der Waals surface area contributed by atoms with Crippen LogP contribution >= 0.6 is 22.6 Å². The summed E-state index contributed by atoms with van der Waals surface area (Å²) < 4.78 is 77.5. The zero-order chi connectivity index (χ0) is 71.6. The van der Waals surface area contributed by atoms with E-state index in [9.17, 15) is 38.2 Å². The first-order valence-corrected chi connectivity index (χ1v) is 36.6. The Kier molecular flexibility index (Phi) is 30.8. The van der Waals surface area contributed by atoms with Crippen LogP contribution in [0.1, 0.15) is 139 Å². The number of benzene rings is 2. The van der Waals surface area contributed by atoms with Crippen LogP contribution in [0.15, 0.2) is 75.9 Å². The Labute approximate surface area is 596 Å². The molecule has 0 spiro atoms. The van der Waals surface area contributed by atoms with Gasteiger partial charge < -0.3 is 77.3 Å². The monoisotopic (exact) mass is 1480 g/mol. The van der Waals surface area contributed by atoms with Crippen LogP contribution in [-0.2, 0) is 47.3 Å². The van der Waals surface area contributed by atoms with Crippen molar-refractivity contribution in [3.05, 3.63) is 93.1 Å². The van der Waals surface area contributed by atoms with E-state index in [2.05, 4.69) is 42.2 Å². The van der Waals surface area contributed by atoms with E-state index in [1.54, 1.807) is 15.9 Å². The minimum Gasteiger partial charge on any atom is -0.457 e. The summed E-state index contributed by atoms with van der Waals surface area (Å²) in [6.45, 7) is 28.4. The number of aliphatic hydroxyl groups excluding tert-OH is 2. The summed E-state index contributed by atoms with van der Waals surface area (Å²) in [4.78, 5) is 63.0. The van der Waals surface area contributed by atoms with Crippen molar-refractivity contribution in [1.29, 1.82) is 0 Å². The number of nitrogens with zero attached hydrogens (tertiary/aromatic N) is 6. The molecule has 0 bridgehead atoms. The fraction of sp³-hybridized carbons (Fsp3) is 0.676. The number of carbonyl (C=O) groups is 4. The number of rotatable bonds is 10. The van der Waals surface area contributed by atoms with Crippen molar-refractivity contribution < 1.29 is 75.9 Å². The molecule has 98 heavy (non-hydrogen) atoms. The number of piperazine rings is 2. The molecule has 24 heteroatoms. The van der Waals surface area contributed by atoms with Crippen molar-refractivity contribution in [3.63, 3.8) is 0 Å². The van der Waals surface area contributed by atoms with Crippen molar-refractivity contribution in [3.8, 4) is 0 Å². The molecule has 20 nitrogen and oxygen atoms in total. The van der Waals surface area contributed by atoms with Gasteiger partial charge in [0, 0.05) is 128 Å². The third-order valence-corrected chi connectivity index (χ3v) is 21.6. The zero-order valence-corrected chi connectivity index (χ0v) is 62.8. The lowest BCUT2D eigenvalue weighted by atomic mass is 9.78. The molecule has 9 rings (SSSR count). The molecule has 2 aromatic rings. The van der Waals surface area contributed by atoms with Gasteiger partial charge in [-0.2, -0.15) is 0 Å². The summed E-state index contributed by atoms with van der Waals surface area (Å²) in [6.07, 6.45) is 10.9. The molecule has 10 atom stereocenters. The highest BCUT2D eigenvalue weighted by Gasteiger charge is 2.52. The maximum atomic E-state index is 14.8. The molecule has 2 amide bonds. The summed E-state index contributed by atoms with van der Waals surface area (Å²) in [6, 6.07) is 10.6. The second-order valence-electron chi connectivity index (χ2n) is 29.1. The highest BCUT2D eigenvalue weighted by Crippen LogP contribution is 2.38. The van der Waals surface area contributed by atoms with Crippen molar-refractivity contribution in [2.75, 3.05) is 117 Å². The van der Waals surface area contributed by atoms with E-state index < -0.39 is 66.9 Å². The molecule has 2 aromatic carbocycles. The van der Waals surface area contributed by atoms with Gasteiger partial charge in [-0.15, -0.1) is 0 Å². The topological polar surface area (TPSA) is 202 Å². The van der Waals surface area contributed by atoms with Crippen molar-refractivity contribution in [1.82, 2.24) is 19.6 Å². The van der Waals surface area contributed by atoms with Gasteiger partial charge in [0.05, 0.1) is 36.3 Å². The van der Waals surface area contributed by atoms with Crippen LogP contribution in [0.5, 0.6) is 0 Å². The molecule has 7 heterocycles. The number of hydrogen-bond acceptors (Lipinski definition) is 18. The molecule has 2 N–H and O–H groups in total. The second kappa shape index (κ2) is 37.7. The fourth-order valence-electron chi connectivity index (χ4n) is 13.0. The van der Waals surface area contributed by atoms with Gasteiger partial charge in [-0.3, -0.25) is 9.59 Å². The SMILES string of the molecule is C/C(=C\I)[C@H]1OC(=O)C[C@H](O)CC[C@H](C)[C@@H](OC(=O)N2CCN(C)CC2)/C=C/[C@@H]1C.C/C(=C\c1cc(F)cc(N(C)C2CCOCC2)c1)[C@H]1OC(=O)C[C@H](O)CC[C@H](C)[C@@H](OC(=O)N2CCN(C)CC2)/C=C/[C@@H]1C.CN(c1cc(F)cc(B2OC(C)(C)C(C)(C)O2)c1)C1CCOCC1. The molecule has 7 aliphatic rings. The molecule has 0 radical (unpaired) electrons. The number of cyclic esters (lactones) is 2. The van der Waals surface area contributed by atoms with E-state index in [4.69, 9.17) is 37.7 Å². The first-order chi connectivity index (χ1) is 46.4. The van der Waals surface area contributed by atoms with E-state index in [1.807, 2.05) is 144 Å². The number of amides is 2. The Morgan fingerprint density at radius 2 is 0.980 bits per heavy atom. The first kappa shape index (κ1) is 80.1. The first-order valence-electron chi connectivity index (χ1n) is 35.3. The maximum absolute atomic E-state index is 14.8. The summed E-state index contributed by atoms with van der Waals surface area (Å²) in [5.41, 5.74) is 3.84. The largest absolute Gasteiger partial charge is 0.495 e. The number of anilines is 2. The maximum Gasteiger partial charge on any atom is 0.495 e. The fourth-order valence-corrected chi connectivity index (χ4v) is 13.4. The van der Waals surface area contributed by atoms with E-state index in [0.717, 1.165) is 93.1 Å². The molecule has 0 saturated carbocycles. The number of carbonyl (C=O) groups excluding carboxylic acids is 4. The highest BCUT2D eigenvalue weighted by atomic mass is 127. The molecule has 0 unspecified atom stereocenters. The highest BCUT2D eigenvalue weighted by molar-refractivity contribution is 14.1. The average molecular weight is 1490 g/mol. The van der Waals surface area contributed by atoms with Gasteiger partial charge in [0.2, 0.25) is 0 Å². The summed E-state index contributed by atoms with van der Waals surface area (Å²) in [7, 11) is 7.52. The standard InChI is InChI=1S/C34H50FN3O6.C22H35IN2O5.C18H27BFNO3/c1-23-6-8-30(39)22-32(40)44-33(24(2)7-9-31(23)43-34(41)38-14-12-36(4)13-15-38)25(3)18-26-19-27(35)21-29(20-26)37(5)28-10-16-42-17-11-28;1-15-5-7-18(26)13-20(27)30-21(17(3)14-23)16(2)6-8-19(15)29-22(28)25-11-9-24(4)10-12-25;1-17(2)18(3,4)24-19(23-17)13-10-14(20)12-16(11-13)21(5)15-6-8-22-9-7-15/h7,9,18-21,23-24,28,30-31,33,39H,6,8,10-17,22H2,1-5H3;6,8,14-16,18-19,21,26H,5,7,9-13H2,1-4H3;10-12,15H,6-9H2,1-5H3/b9-7+,25-18+;8-6+,17-14+;/t23-,24-,30+,31-,33-;15-,16-,18+,19-,21-;/m00./s1. The van der Waals surface area contributed by atoms with Crippen LogP contribution in [0.3, 0.4) is 0 Å². The summed E-state index contributed by atoms with van der Waals surface area (Å²) in [5.74, 6) is -1.89. The molecule has 0 aliphatic carbocycles. The van der Waals surface area contributed by atoms with Crippen LogP contribution < -0.4 is 15.3 Å². The van der Waals surface area contributed by atoms with Gasteiger partial charge in [0.15, 0.2) is 0 Å². The van der Waals surface area contributed by atoms with Crippen LogP contribution in [0, 0.1) is 35.3 Å². The number of ether oxygens (including phenoxy) is 6. The Morgan fingerprint density at radius 3 is 1.40 bits per heavy atom. The Hall–Kier alpha value is -5.19. The third kappa shape index (κ3) is 23.7. The van der Waals surface area contributed by atoms with Gasteiger partial charge in [-0.25, -0.2) is 18.4 Å². The third-order valence-electron chi connectivity index (χ3n) is 20.6. The number of halogens is 3. The van der Waals surface area contributed by atoms with E-state index in [0.29, 0.717) is 76.7 Å². The van der Waals surface area contributed by atoms with Crippen LogP contribution in [0.25, 0.3) is 6.08 Å². The van der Waals surface area contributed by atoms with Gasteiger partial charge >= 0.3 is 31.2 Å². The summed E-state index contributed by atoms with van der Waals surface area (Å²) in [5, 5.41) is 20.9. The minimum atomic E-state index is -0.867. The van der Waals surface area contributed by atoms with E-state index in [1.165, 1.54) is 18.2 Å². The molecule has 0 aromatic heterocycles. The van der Waals surface area contributed by atoms with E-state index >= 15 is 0 Å². The number of hydrogen-bond donors (Lipinski definition) is 2.